The molecule has 5 rings (SSSR count). The van der Waals surface area contributed by atoms with E-state index in [2.05, 4.69) is 20.7 Å². The molecule has 0 unspecified atom stereocenters. The number of thiophene rings is 1. The Kier molecular flexibility index (Phi) is 6.84. The van der Waals surface area contributed by atoms with Gasteiger partial charge in [0.2, 0.25) is 10.9 Å². The van der Waals surface area contributed by atoms with Gasteiger partial charge < -0.3 is 15.5 Å². The Morgan fingerprint density at radius 3 is 2.78 bits per heavy atom. The maximum absolute atomic E-state index is 12.6. The van der Waals surface area contributed by atoms with Gasteiger partial charge in [-0.15, -0.1) is 27.8 Å². The molecule has 11 heteroatoms. The number of nitrogens with one attached hydrogen (secondary N) is 2. The van der Waals surface area contributed by atoms with E-state index >= 15 is 0 Å². The third-order valence-electron chi connectivity index (χ3n) is 5.99. The number of thiazole rings is 1. The first-order valence-electron chi connectivity index (χ1n) is 11.8. The third-order valence-corrected chi connectivity index (χ3v) is 7.72. The van der Waals surface area contributed by atoms with Gasteiger partial charge in [0.15, 0.2) is 5.82 Å². The summed E-state index contributed by atoms with van der Waals surface area (Å²) in [6.45, 7) is 4.68. The summed E-state index contributed by atoms with van der Waals surface area (Å²) < 4.78 is 1.78. The topological polar surface area (TPSA) is 109 Å². The summed E-state index contributed by atoms with van der Waals surface area (Å²) >= 11 is 3.07. The number of carbonyl (C=O) groups is 3. The van der Waals surface area contributed by atoms with Gasteiger partial charge >= 0.3 is 11.8 Å². The molecule has 9 nitrogen and oxygen atoms in total. The predicted molar refractivity (Wildman–Crippen MR) is 141 cm³/mol. The van der Waals surface area contributed by atoms with Crippen molar-refractivity contribution < 1.29 is 14.4 Å². The lowest BCUT2D eigenvalue weighted by molar-refractivity contribution is -0.136. The quantitative estimate of drug-likeness (QED) is 0.375. The highest BCUT2D eigenvalue weighted by Gasteiger charge is 2.25. The highest BCUT2D eigenvalue weighted by molar-refractivity contribution is 7.15. The lowest BCUT2D eigenvalue weighted by Gasteiger charge is -2.31. The second-order valence-electron chi connectivity index (χ2n) is 8.89. The molecule has 36 heavy (non-hydrogen) atoms. The monoisotopic (exact) mass is 522 g/mol. The Balaban J connectivity index is 1.19. The van der Waals surface area contributed by atoms with Crippen molar-refractivity contribution in [3.63, 3.8) is 0 Å². The first kappa shape index (κ1) is 24.1. The van der Waals surface area contributed by atoms with Crippen molar-refractivity contribution in [2.45, 2.75) is 33.1 Å². The van der Waals surface area contributed by atoms with Crippen molar-refractivity contribution in [3.8, 4) is 10.7 Å². The van der Waals surface area contributed by atoms with E-state index < -0.39 is 11.8 Å². The molecule has 1 aromatic carbocycles. The predicted octanol–water partition coefficient (Wildman–Crippen LogP) is 3.75. The Morgan fingerprint density at radius 2 is 2.00 bits per heavy atom. The average Bonchev–Trinajstić information content (AvgIpc) is 3.61. The van der Waals surface area contributed by atoms with Gasteiger partial charge in [0.25, 0.3) is 0 Å². The number of nitrogens with zero attached hydrogens (tertiary/aromatic N) is 4. The number of hydrogen-bond donors (Lipinski definition) is 2. The van der Waals surface area contributed by atoms with Crippen LogP contribution in [0.2, 0.25) is 0 Å². The minimum absolute atomic E-state index is 0.0506. The van der Waals surface area contributed by atoms with Crippen molar-refractivity contribution in [2.75, 3.05) is 23.3 Å². The Hall–Kier alpha value is -3.57. The van der Waals surface area contributed by atoms with Gasteiger partial charge in [0.05, 0.1) is 10.6 Å². The van der Waals surface area contributed by atoms with Crippen molar-refractivity contribution in [2.24, 2.45) is 5.92 Å². The number of rotatable bonds is 6. The minimum atomic E-state index is -0.747. The number of anilines is 2. The number of hydrogen-bond acceptors (Lipinski definition) is 7. The van der Waals surface area contributed by atoms with Gasteiger partial charge in [-0.2, -0.15) is 4.98 Å². The van der Waals surface area contributed by atoms with Gasteiger partial charge in [-0.3, -0.25) is 14.4 Å². The molecule has 1 aliphatic heterocycles. The van der Waals surface area contributed by atoms with Crippen molar-refractivity contribution in [3.05, 3.63) is 52.3 Å². The van der Waals surface area contributed by atoms with Gasteiger partial charge in [-0.25, -0.2) is 4.52 Å². The van der Waals surface area contributed by atoms with Crippen molar-refractivity contribution >= 4 is 56.7 Å². The molecule has 2 N–H and O–H groups in total. The van der Waals surface area contributed by atoms with Crippen molar-refractivity contribution in [1.29, 1.82) is 0 Å². The van der Waals surface area contributed by atoms with Crippen molar-refractivity contribution in [1.82, 2.24) is 19.9 Å². The molecular weight excluding hydrogens is 496 g/mol. The Labute approximate surface area is 216 Å². The minimum Gasteiger partial charge on any atom is -0.347 e. The largest absolute Gasteiger partial charge is 0.347 e. The summed E-state index contributed by atoms with van der Waals surface area (Å²) in [5, 5.41) is 13.8. The molecule has 0 saturated carbocycles. The van der Waals surface area contributed by atoms with Gasteiger partial charge in [-0.05, 0) is 42.0 Å². The van der Waals surface area contributed by atoms with E-state index in [9.17, 15) is 14.4 Å². The van der Waals surface area contributed by atoms with E-state index in [0.717, 1.165) is 39.6 Å². The molecule has 0 fully saturated rings. The van der Waals surface area contributed by atoms with E-state index in [4.69, 9.17) is 0 Å². The first-order chi connectivity index (χ1) is 17.4. The third kappa shape index (κ3) is 4.89. The highest BCUT2D eigenvalue weighted by Crippen LogP contribution is 2.31. The van der Waals surface area contributed by atoms with Crippen LogP contribution in [0, 0.1) is 5.92 Å². The molecule has 0 spiro atoms. The van der Waals surface area contributed by atoms with Crippen LogP contribution in [0.4, 0.5) is 11.4 Å². The lowest BCUT2D eigenvalue weighted by Crippen LogP contribution is -2.38. The number of fused-ring (bicyclic) bond motifs is 2. The molecule has 4 heterocycles. The summed E-state index contributed by atoms with van der Waals surface area (Å²) in [5.41, 5.74) is 3.26. The second kappa shape index (κ2) is 10.2. The molecule has 0 atom stereocenters. The molecule has 0 saturated heterocycles. The first-order valence-corrected chi connectivity index (χ1v) is 13.6. The number of carbonyl (C=O) groups excluding carboxylic acids is 3. The molecule has 3 amide bonds. The number of aromatic nitrogens is 3. The van der Waals surface area contributed by atoms with Crippen LogP contribution in [-0.4, -0.2) is 45.4 Å². The maximum atomic E-state index is 12.6. The number of amides is 3. The maximum Gasteiger partial charge on any atom is 0.313 e. The fourth-order valence-electron chi connectivity index (χ4n) is 4.17. The SMILES string of the molecule is CC(C)C(=O)N1CCCc2ccc(NC(=O)C(=O)NCCc3csc4nc(-c5cccs5)nn34)cc21. The van der Waals surface area contributed by atoms with Crippen LogP contribution in [0.3, 0.4) is 0 Å². The summed E-state index contributed by atoms with van der Waals surface area (Å²) in [7, 11) is 0. The fraction of sp³-hybridized carbons (Fsp3) is 0.320. The molecule has 186 valence electrons. The summed E-state index contributed by atoms with van der Waals surface area (Å²) in [5.74, 6) is -0.852. The number of aryl methyl sites for hydroxylation is 1. The zero-order valence-electron chi connectivity index (χ0n) is 20.0. The van der Waals surface area contributed by atoms with Crippen LogP contribution in [-0.2, 0) is 27.2 Å². The van der Waals surface area contributed by atoms with E-state index in [-0.39, 0.29) is 18.4 Å². The van der Waals surface area contributed by atoms with Crippen LogP contribution in [0.25, 0.3) is 15.7 Å². The summed E-state index contributed by atoms with van der Waals surface area (Å²) in [6.07, 6.45) is 2.29. The smallest absolute Gasteiger partial charge is 0.313 e. The van der Waals surface area contributed by atoms with E-state index in [1.165, 1.54) is 11.3 Å². The van der Waals surface area contributed by atoms with Crippen LogP contribution < -0.4 is 15.5 Å². The van der Waals surface area contributed by atoms with E-state index in [0.29, 0.717) is 24.5 Å². The summed E-state index contributed by atoms with van der Waals surface area (Å²) in [4.78, 5) is 45.7. The zero-order valence-corrected chi connectivity index (χ0v) is 21.6. The van der Waals surface area contributed by atoms with Gasteiger partial charge in [-0.1, -0.05) is 26.0 Å². The summed E-state index contributed by atoms with van der Waals surface area (Å²) in [6, 6.07) is 9.39. The van der Waals surface area contributed by atoms with Gasteiger partial charge in [0.1, 0.15) is 0 Å². The Bertz CT molecular complexity index is 1420. The van der Waals surface area contributed by atoms with Crippen LogP contribution >= 0.6 is 22.7 Å². The molecule has 0 aliphatic carbocycles. The lowest BCUT2D eigenvalue weighted by atomic mass is 9.99. The average molecular weight is 523 g/mol. The van der Waals surface area contributed by atoms with Crippen LogP contribution in [0.5, 0.6) is 0 Å². The van der Waals surface area contributed by atoms with Crippen LogP contribution in [0.15, 0.2) is 41.1 Å². The van der Waals surface area contributed by atoms with Crippen LogP contribution in [0.1, 0.15) is 31.5 Å². The number of benzene rings is 1. The normalized spacial score (nSPS) is 13.1. The Morgan fingerprint density at radius 1 is 1.14 bits per heavy atom. The standard InChI is InChI=1S/C25H26N6O3S2/c1-15(2)24(34)30-11-3-5-16-7-8-17(13-19(16)30)27-23(33)22(32)26-10-9-18-14-36-25-28-21(29-31(18)25)20-6-4-12-35-20/h4,6-8,12-15H,3,5,9-11H2,1-2H3,(H,26,32)(H,27,33). The van der Waals surface area contributed by atoms with E-state index in [1.807, 2.05) is 42.8 Å². The molecule has 0 radical (unpaired) electrons. The molecular formula is C25H26N6O3S2. The second-order valence-corrected chi connectivity index (χ2v) is 10.7. The zero-order chi connectivity index (χ0) is 25.2. The van der Waals surface area contributed by atoms with Gasteiger partial charge in [0, 0.05) is 42.2 Å². The highest BCUT2D eigenvalue weighted by atomic mass is 32.1. The molecule has 4 aromatic rings. The molecule has 3 aromatic heterocycles. The fourth-order valence-corrected chi connectivity index (χ4v) is 5.68. The molecule has 0 bridgehead atoms. The van der Waals surface area contributed by atoms with E-state index in [1.54, 1.807) is 32.9 Å². The molecule has 1 aliphatic rings.